The Kier molecular flexibility index (Phi) is 3.68. The van der Waals surface area contributed by atoms with E-state index in [1.807, 2.05) is 19.9 Å². The van der Waals surface area contributed by atoms with Crippen LogP contribution in [0.3, 0.4) is 0 Å². The molecule has 0 saturated carbocycles. The summed E-state index contributed by atoms with van der Waals surface area (Å²) in [6.45, 7) is 3.89. The molecule has 5 nitrogen and oxygen atoms in total. The van der Waals surface area contributed by atoms with Crippen molar-refractivity contribution in [2.24, 2.45) is 0 Å². The Balaban J connectivity index is 2.40. The van der Waals surface area contributed by atoms with Gasteiger partial charge >= 0.3 is 0 Å². The van der Waals surface area contributed by atoms with E-state index < -0.39 is 0 Å². The normalized spacial score (nSPS) is 10.8. The molecule has 0 aliphatic carbocycles. The zero-order valence-corrected chi connectivity index (χ0v) is 10.5. The van der Waals surface area contributed by atoms with Gasteiger partial charge in [-0.1, -0.05) is 6.92 Å². The van der Waals surface area contributed by atoms with Gasteiger partial charge in [0, 0.05) is 12.3 Å². The van der Waals surface area contributed by atoms with Gasteiger partial charge < -0.3 is 4.42 Å². The minimum absolute atomic E-state index is 0.468. The SMILES string of the molecule is CCc1nnc(C)cc1-c1nnc(CCCl)o1. The monoisotopic (exact) mass is 252 g/mol. The Bertz CT molecular complexity index is 512. The van der Waals surface area contributed by atoms with Crippen LogP contribution in [0, 0.1) is 6.92 Å². The maximum Gasteiger partial charge on any atom is 0.249 e. The van der Waals surface area contributed by atoms with Crippen molar-refractivity contribution in [3.63, 3.8) is 0 Å². The van der Waals surface area contributed by atoms with Gasteiger partial charge in [-0.05, 0) is 19.4 Å². The van der Waals surface area contributed by atoms with Crippen molar-refractivity contribution in [3.8, 4) is 11.5 Å². The molecule has 2 heterocycles. The van der Waals surface area contributed by atoms with E-state index in [9.17, 15) is 0 Å². The number of aromatic nitrogens is 4. The molecule has 0 atom stereocenters. The highest BCUT2D eigenvalue weighted by Crippen LogP contribution is 2.21. The molecule has 0 N–H and O–H groups in total. The molecule has 0 unspecified atom stereocenters. The van der Waals surface area contributed by atoms with Crippen LogP contribution in [0.2, 0.25) is 0 Å². The summed E-state index contributed by atoms with van der Waals surface area (Å²) in [5.74, 6) is 1.50. The highest BCUT2D eigenvalue weighted by atomic mass is 35.5. The Morgan fingerprint density at radius 2 is 2.06 bits per heavy atom. The minimum Gasteiger partial charge on any atom is -0.421 e. The fourth-order valence-electron chi connectivity index (χ4n) is 1.50. The van der Waals surface area contributed by atoms with Crippen molar-refractivity contribution in [3.05, 3.63) is 23.3 Å². The zero-order valence-electron chi connectivity index (χ0n) is 9.77. The lowest BCUT2D eigenvalue weighted by molar-refractivity contribution is 0.512. The van der Waals surface area contributed by atoms with Crippen LogP contribution in [0.25, 0.3) is 11.5 Å². The molecule has 0 saturated heterocycles. The molecule has 0 bridgehead atoms. The number of alkyl halides is 1. The van der Waals surface area contributed by atoms with Crippen LogP contribution in [0.15, 0.2) is 10.5 Å². The second-order valence-corrected chi connectivity index (χ2v) is 4.02. The third kappa shape index (κ3) is 2.61. The predicted molar refractivity (Wildman–Crippen MR) is 63.9 cm³/mol. The lowest BCUT2D eigenvalue weighted by atomic mass is 10.1. The quantitative estimate of drug-likeness (QED) is 0.781. The Hall–Kier alpha value is -1.49. The predicted octanol–water partition coefficient (Wildman–Crippen LogP) is 2.18. The third-order valence-electron chi connectivity index (χ3n) is 2.33. The Morgan fingerprint density at radius 1 is 1.24 bits per heavy atom. The number of rotatable bonds is 4. The van der Waals surface area contributed by atoms with Gasteiger partial charge in [0.15, 0.2) is 0 Å². The summed E-state index contributed by atoms with van der Waals surface area (Å²) in [5.41, 5.74) is 2.54. The van der Waals surface area contributed by atoms with E-state index in [0.717, 1.165) is 23.4 Å². The first-order chi connectivity index (χ1) is 8.24. The lowest BCUT2D eigenvalue weighted by Gasteiger charge is -2.02. The lowest BCUT2D eigenvalue weighted by Crippen LogP contribution is -1.97. The fourth-order valence-corrected chi connectivity index (χ4v) is 1.67. The van der Waals surface area contributed by atoms with Gasteiger partial charge in [-0.15, -0.1) is 21.8 Å². The minimum atomic E-state index is 0.468. The highest BCUT2D eigenvalue weighted by molar-refractivity contribution is 6.17. The highest BCUT2D eigenvalue weighted by Gasteiger charge is 2.13. The van der Waals surface area contributed by atoms with Gasteiger partial charge in [0.05, 0.1) is 17.0 Å². The summed E-state index contributed by atoms with van der Waals surface area (Å²) in [4.78, 5) is 0. The maximum atomic E-state index is 5.62. The number of hydrogen-bond donors (Lipinski definition) is 0. The number of halogens is 1. The number of aryl methyl sites for hydroxylation is 3. The summed E-state index contributed by atoms with van der Waals surface area (Å²) >= 11 is 5.62. The molecule has 17 heavy (non-hydrogen) atoms. The Labute approximate surface area is 104 Å². The summed E-state index contributed by atoms with van der Waals surface area (Å²) in [6, 6.07) is 1.91. The van der Waals surface area contributed by atoms with Crippen molar-refractivity contribution in [2.75, 3.05) is 5.88 Å². The number of nitrogens with zero attached hydrogens (tertiary/aromatic N) is 4. The molecule has 90 valence electrons. The molecule has 0 spiro atoms. The zero-order chi connectivity index (χ0) is 12.3. The second kappa shape index (κ2) is 5.23. The number of hydrogen-bond acceptors (Lipinski definition) is 5. The first kappa shape index (κ1) is 12.0. The molecule has 6 heteroatoms. The van der Waals surface area contributed by atoms with Crippen LogP contribution in [-0.4, -0.2) is 26.3 Å². The molecule has 0 amide bonds. The van der Waals surface area contributed by atoms with E-state index in [2.05, 4.69) is 20.4 Å². The topological polar surface area (TPSA) is 64.7 Å². The maximum absolute atomic E-state index is 5.62. The molecule has 0 radical (unpaired) electrons. The molecule has 0 aliphatic heterocycles. The summed E-state index contributed by atoms with van der Waals surface area (Å²) in [7, 11) is 0. The van der Waals surface area contributed by atoms with Gasteiger partial charge in [0.2, 0.25) is 11.8 Å². The molecular weight excluding hydrogens is 240 g/mol. The van der Waals surface area contributed by atoms with Gasteiger partial charge in [0.25, 0.3) is 0 Å². The molecule has 2 aromatic rings. The van der Waals surface area contributed by atoms with Gasteiger partial charge in [-0.25, -0.2) is 0 Å². The van der Waals surface area contributed by atoms with E-state index in [1.54, 1.807) is 0 Å². The molecule has 0 aliphatic rings. The largest absolute Gasteiger partial charge is 0.421 e. The smallest absolute Gasteiger partial charge is 0.249 e. The van der Waals surface area contributed by atoms with Crippen LogP contribution in [-0.2, 0) is 12.8 Å². The van der Waals surface area contributed by atoms with E-state index in [1.165, 1.54) is 0 Å². The van der Waals surface area contributed by atoms with Crippen LogP contribution in [0.1, 0.15) is 24.2 Å². The first-order valence-corrected chi connectivity index (χ1v) is 6.00. The van der Waals surface area contributed by atoms with E-state index in [0.29, 0.717) is 24.1 Å². The summed E-state index contributed by atoms with van der Waals surface area (Å²) in [5, 5.41) is 16.1. The summed E-state index contributed by atoms with van der Waals surface area (Å²) in [6.07, 6.45) is 1.35. The van der Waals surface area contributed by atoms with Gasteiger partial charge in [0.1, 0.15) is 0 Å². The molecular formula is C11H13ClN4O. The third-order valence-corrected chi connectivity index (χ3v) is 2.52. The second-order valence-electron chi connectivity index (χ2n) is 3.64. The van der Waals surface area contributed by atoms with Gasteiger partial charge in [-0.2, -0.15) is 10.2 Å². The average molecular weight is 253 g/mol. The van der Waals surface area contributed by atoms with Crippen LogP contribution in [0.5, 0.6) is 0 Å². The molecule has 2 rings (SSSR count). The van der Waals surface area contributed by atoms with Crippen molar-refractivity contribution >= 4 is 11.6 Å². The van der Waals surface area contributed by atoms with E-state index in [-0.39, 0.29) is 0 Å². The van der Waals surface area contributed by atoms with Crippen molar-refractivity contribution < 1.29 is 4.42 Å². The Morgan fingerprint density at radius 3 is 2.76 bits per heavy atom. The van der Waals surface area contributed by atoms with Crippen molar-refractivity contribution in [2.45, 2.75) is 26.7 Å². The van der Waals surface area contributed by atoms with E-state index in [4.69, 9.17) is 16.0 Å². The molecule has 2 aromatic heterocycles. The first-order valence-electron chi connectivity index (χ1n) is 5.46. The van der Waals surface area contributed by atoms with Crippen molar-refractivity contribution in [1.29, 1.82) is 0 Å². The van der Waals surface area contributed by atoms with Crippen LogP contribution in [0.4, 0.5) is 0 Å². The molecule has 0 fully saturated rings. The average Bonchev–Trinajstić information content (AvgIpc) is 2.78. The van der Waals surface area contributed by atoms with Crippen LogP contribution < -0.4 is 0 Å². The fraction of sp³-hybridized carbons (Fsp3) is 0.455. The van der Waals surface area contributed by atoms with Gasteiger partial charge in [-0.3, -0.25) is 0 Å². The van der Waals surface area contributed by atoms with E-state index >= 15 is 0 Å². The summed E-state index contributed by atoms with van der Waals surface area (Å²) < 4.78 is 5.53. The van der Waals surface area contributed by atoms with Crippen LogP contribution >= 0.6 is 11.6 Å². The standard InChI is InChI=1S/C11H13ClN4O/c1-3-9-8(6-7(2)13-14-9)11-16-15-10(17-11)4-5-12/h6H,3-5H2,1-2H3. The molecule has 0 aromatic carbocycles. The van der Waals surface area contributed by atoms with Crippen molar-refractivity contribution in [1.82, 2.24) is 20.4 Å².